The number of primary sulfonamides is 1. The average Bonchev–Trinajstić information content (AvgIpc) is 2.97. The molecule has 0 atom stereocenters. The number of nitrogens with zero attached hydrogens (tertiary/aromatic N) is 3. The lowest BCUT2D eigenvalue weighted by molar-refractivity contribution is 0.435. The van der Waals surface area contributed by atoms with Crippen molar-refractivity contribution in [3.63, 3.8) is 0 Å². The summed E-state index contributed by atoms with van der Waals surface area (Å²) in [6.07, 6.45) is 1.63. The van der Waals surface area contributed by atoms with Crippen LogP contribution in [-0.2, 0) is 10.0 Å². The molecule has 1 aromatic carbocycles. The van der Waals surface area contributed by atoms with E-state index in [-0.39, 0.29) is 11.7 Å². The fraction of sp³-hybridized carbons (Fsp3) is 0.429. The minimum atomic E-state index is -3.38. The van der Waals surface area contributed by atoms with Gasteiger partial charge in [0.1, 0.15) is 0 Å². The number of anilines is 1. The Bertz CT molecular complexity index is 722. The molecule has 0 aliphatic carbocycles. The second kappa shape index (κ2) is 6.31. The van der Waals surface area contributed by atoms with E-state index in [0.29, 0.717) is 0 Å². The molecule has 1 aromatic heterocycles. The number of hydrogen-bond donors (Lipinski definition) is 1. The Morgan fingerprint density at radius 1 is 1.23 bits per heavy atom. The predicted molar refractivity (Wildman–Crippen MR) is 88.3 cm³/mol. The number of piperidine rings is 1. The maximum absolute atomic E-state index is 11.2. The maximum atomic E-state index is 11.2. The zero-order valence-electron chi connectivity index (χ0n) is 12.1. The van der Waals surface area contributed by atoms with Crippen molar-refractivity contribution in [1.29, 1.82) is 0 Å². The Morgan fingerprint density at radius 3 is 2.55 bits per heavy atom. The first kappa shape index (κ1) is 15.4. The minimum absolute atomic E-state index is 0.0756. The van der Waals surface area contributed by atoms with Gasteiger partial charge in [0.2, 0.25) is 15.2 Å². The molecule has 1 saturated heterocycles. The molecule has 2 aromatic rings. The largest absolute Gasteiger partial charge is 0.347 e. The predicted octanol–water partition coefficient (Wildman–Crippen LogP) is 1.71. The highest BCUT2D eigenvalue weighted by Crippen LogP contribution is 2.28. The molecule has 0 spiro atoms. The second-order valence-electron chi connectivity index (χ2n) is 5.53. The van der Waals surface area contributed by atoms with Gasteiger partial charge in [0.25, 0.3) is 0 Å². The van der Waals surface area contributed by atoms with Crippen LogP contribution in [0.1, 0.15) is 12.8 Å². The molecule has 0 unspecified atom stereocenters. The lowest BCUT2D eigenvalue weighted by Gasteiger charge is -2.30. The molecule has 8 heteroatoms. The van der Waals surface area contributed by atoms with Gasteiger partial charge in [0.05, 0.1) is 5.75 Å². The molecule has 0 amide bonds. The molecule has 0 saturated carbocycles. The molecule has 2 N–H and O–H groups in total. The van der Waals surface area contributed by atoms with E-state index in [1.807, 2.05) is 30.3 Å². The quantitative estimate of drug-likeness (QED) is 0.916. The van der Waals surface area contributed by atoms with E-state index in [1.54, 1.807) is 0 Å². The highest BCUT2D eigenvalue weighted by atomic mass is 32.2. The zero-order chi connectivity index (χ0) is 15.6. The molecule has 1 aliphatic rings. The van der Waals surface area contributed by atoms with Crippen LogP contribution in [0.3, 0.4) is 0 Å². The van der Waals surface area contributed by atoms with Gasteiger partial charge < -0.3 is 4.90 Å². The van der Waals surface area contributed by atoms with Crippen LogP contribution in [0.25, 0.3) is 11.4 Å². The lowest BCUT2D eigenvalue weighted by Crippen LogP contribution is -2.36. The third-order valence-corrected chi connectivity index (χ3v) is 5.51. The van der Waals surface area contributed by atoms with Crippen molar-refractivity contribution in [1.82, 2.24) is 9.36 Å². The summed E-state index contributed by atoms with van der Waals surface area (Å²) in [5.41, 5.74) is 1.01. The summed E-state index contributed by atoms with van der Waals surface area (Å²) in [5.74, 6) is 0.965. The van der Waals surface area contributed by atoms with Crippen LogP contribution in [0.5, 0.6) is 0 Å². The van der Waals surface area contributed by atoms with Gasteiger partial charge in [0.15, 0.2) is 5.82 Å². The van der Waals surface area contributed by atoms with Crippen LogP contribution in [-0.4, -0.2) is 36.6 Å². The van der Waals surface area contributed by atoms with Crippen LogP contribution >= 0.6 is 11.5 Å². The van der Waals surface area contributed by atoms with Gasteiger partial charge in [-0.3, -0.25) is 0 Å². The van der Waals surface area contributed by atoms with Gasteiger partial charge in [0, 0.05) is 30.2 Å². The molecule has 2 heterocycles. The van der Waals surface area contributed by atoms with Crippen LogP contribution in [0.4, 0.5) is 5.13 Å². The van der Waals surface area contributed by atoms with Crippen molar-refractivity contribution >= 4 is 26.7 Å². The van der Waals surface area contributed by atoms with Crippen LogP contribution in [0.2, 0.25) is 0 Å². The SMILES string of the molecule is NS(=O)(=O)CC1CCN(c2nc(-c3ccccc3)ns2)CC1. The number of rotatable bonds is 4. The van der Waals surface area contributed by atoms with Gasteiger partial charge in [-0.2, -0.15) is 9.36 Å². The van der Waals surface area contributed by atoms with Crippen molar-refractivity contribution in [2.75, 3.05) is 23.7 Å². The summed E-state index contributed by atoms with van der Waals surface area (Å²) >= 11 is 1.39. The van der Waals surface area contributed by atoms with Crippen molar-refractivity contribution in [3.05, 3.63) is 30.3 Å². The van der Waals surface area contributed by atoms with E-state index >= 15 is 0 Å². The molecule has 6 nitrogen and oxygen atoms in total. The molecule has 22 heavy (non-hydrogen) atoms. The average molecular weight is 338 g/mol. The van der Waals surface area contributed by atoms with Crippen LogP contribution < -0.4 is 10.0 Å². The summed E-state index contributed by atoms with van der Waals surface area (Å²) in [4.78, 5) is 6.76. The fourth-order valence-electron chi connectivity index (χ4n) is 2.67. The summed E-state index contributed by atoms with van der Waals surface area (Å²) in [7, 11) is -3.38. The van der Waals surface area contributed by atoms with Crippen molar-refractivity contribution in [2.24, 2.45) is 11.1 Å². The molecule has 3 rings (SSSR count). The number of aromatic nitrogens is 2. The zero-order valence-corrected chi connectivity index (χ0v) is 13.7. The van der Waals surface area contributed by atoms with E-state index in [1.165, 1.54) is 11.5 Å². The Kier molecular flexibility index (Phi) is 4.42. The Balaban J connectivity index is 1.64. The van der Waals surface area contributed by atoms with E-state index in [0.717, 1.165) is 42.5 Å². The van der Waals surface area contributed by atoms with E-state index < -0.39 is 10.0 Å². The first-order valence-electron chi connectivity index (χ1n) is 7.16. The highest BCUT2D eigenvalue weighted by Gasteiger charge is 2.24. The number of benzene rings is 1. The molecular weight excluding hydrogens is 320 g/mol. The van der Waals surface area contributed by atoms with Gasteiger partial charge in [-0.05, 0) is 18.8 Å². The van der Waals surface area contributed by atoms with Gasteiger partial charge in [-0.25, -0.2) is 13.6 Å². The summed E-state index contributed by atoms with van der Waals surface area (Å²) in [5, 5.41) is 6.01. The monoisotopic (exact) mass is 338 g/mol. The molecule has 0 bridgehead atoms. The summed E-state index contributed by atoms with van der Waals surface area (Å²) in [6, 6.07) is 9.88. The number of hydrogen-bond acceptors (Lipinski definition) is 6. The Morgan fingerprint density at radius 2 is 1.91 bits per heavy atom. The molecule has 1 fully saturated rings. The van der Waals surface area contributed by atoms with Gasteiger partial charge >= 0.3 is 0 Å². The highest BCUT2D eigenvalue weighted by molar-refractivity contribution is 7.89. The molecule has 1 aliphatic heterocycles. The second-order valence-corrected chi connectivity index (χ2v) is 7.92. The Labute approximate surface area is 134 Å². The Hall–Kier alpha value is -1.51. The van der Waals surface area contributed by atoms with E-state index in [9.17, 15) is 8.42 Å². The summed E-state index contributed by atoms with van der Waals surface area (Å²) < 4.78 is 26.7. The molecule has 118 valence electrons. The van der Waals surface area contributed by atoms with E-state index in [4.69, 9.17) is 5.14 Å². The van der Waals surface area contributed by atoms with Gasteiger partial charge in [-0.1, -0.05) is 30.3 Å². The normalized spacial score (nSPS) is 16.9. The minimum Gasteiger partial charge on any atom is -0.347 e. The van der Waals surface area contributed by atoms with Gasteiger partial charge in [-0.15, -0.1) is 0 Å². The molecule has 0 radical (unpaired) electrons. The number of sulfonamides is 1. The maximum Gasteiger partial charge on any atom is 0.209 e. The number of nitrogens with two attached hydrogens (primary N) is 1. The summed E-state index contributed by atoms with van der Waals surface area (Å²) in [6.45, 7) is 1.59. The third kappa shape index (κ3) is 3.82. The van der Waals surface area contributed by atoms with Crippen molar-refractivity contribution in [3.8, 4) is 11.4 Å². The van der Waals surface area contributed by atoms with Crippen LogP contribution in [0.15, 0.2) is 30.3 Å². The topological polar surface area (TPSA) is 89.2 Å². The van der Waals surface area contributed by atoms with E-state index in [2.05, 4.69) is 14.3 Å². The smallest absolute Gasteiger partial charge is 0.209 e. The fourth-order valence-corrected chi connectivity index (χ4v) is 4.40. The standard InChI is InChI=1S/C14H18N4O2S2/c15-22(19,20)10-11-6-8-18(9-7-11)14-16-13(17-21-14)12-4-2-1-3-5-12/h1-5,11H,6-10H2,(H2,15,19,20). The first-order valence-corrected chi connectivity index (χ1v) is 9.65. The third-order valence-electron chi connectivity index (χ3n) is 3.80. The van der Waals surface area contributed by atoms with Crippen LogP contribution in [0, 0.1) is 5.92 Å². The van der Waals surface area contributed by atoms with Crippen molar-refractivity contribution < 1.29 is 8.42 Å². The lowest BCUT2D eigenvalue weighted by atomic mass is 9.99. The van der Waals surface area contributed by atoms with Crippen molar-refractivity contribution in [2.45, 2.75) is 12.8 Å². The molecular formula is C14H18N4O2S2. The first-order chi connectivity index (χ1) is 10.5.